The van der Waals surface area contributed by atoms with Gasteiger partial charge in [0, 0.05) is 17.3 Å². The third-order valence-corrected chi connectivity index (χ3v) is 2.83. The van der Waals surface area contributed by atoms with Crippen molar-refractivity contribution in [1.29, 1.82) is 0 Å². The minimum Gasteiger partial charge on any atom is -0.389 e. The number of aliphatic hydroxyl groups is 1. The van der Waals surface area contributed by atoms with E-state index in [1.54, 1.807) is 12.1 Å². The number of aromatic amines is 1. The van der Waals surface area contributed by atoms with E-state index in [1.807, 2.05) is 18.3 Å². The lowest BCUT2D eigenvalue weighted by molar-refractivity contribution is -0.0779. The summed E-state index contributed by atoms with van der Waals surface area (Å²) < 4.78 is 0. The van der Waals surface area contributed by atoms with Gasteiger partial charge in [0.1, 0.15) is 12.7 Å². The first kappa shape index (κ1) is 10.3. The van der Waals surface area contributed by atoms with E-state index in [-0.39, 0.29) is 19.1 Å². The Kier molecular flexibility index (Phi) is 2.35. The lowest BCUT2D eigenvalue weighted by Gasteiger charge is -2.13. The lowest BCUT2D eigenvalue weighted by Crippen LogP contribution is -2.28. The van der Waals surface area contributed by atoms with E-state index in [1.165, 1.54) is 5.06 Å². The van der Waals surface area contributed by atoms with Crippen LogP contribution in [0.25, 0.3) is 10.9 Å². The van der Waals surface area contributed by atoms with E-state index in [9.17, 15) is 9.90 Å². The molecule has 1 atom stereocenters. The number of rotatable bonds is 1. The highest BCUT2D eigenvalue weighted by molar-refractivity contribution is 5.97. The highest BCUT2D eigenvalue weighted by Crippen LogP contribution is 2.17. The fraction of sp³-hybridized carbons (Fsp3) is 0.250. The number of hydrogen-bond donors (Lipinski definition) is 2. The molecule has 17 heavy (non-hydrogen) atoms. The monoisotopic (exact) mass is 232 g/mol. The molecule has 1 aromatic heterocycles. The van der Waals surface area contributed by atoms with Gasteiger partial charge in [-0.05, 0) is 23.6 Å². The van der Waals surface area contributed by atoms with Crippen LogP contribution in [0.1, 0.15) is 10.4 Å². The molecule has 2 heterocycles. The number of amides is 1. The van der Waals surface area contributed by atoms with E-state index in [2.05, 4.69) is 4.98 Å². The Hall–Kier alpha value is -1.85. The van der Waals surface area contributed by atoms with Crippen LogP contribution >= 0.6 is 0 Å². The first-order chi connectivity index (χ1) is 8.24. The summed E-state index contributed by atoms with van der Waals surface area (Å²) in [7, 11) is 0. The Morgan fingerprint density at radius 3 is 3.12 bits per heavy atom. The first-order valence-corrected chi connectivity index (χ1v) is 5.44. The molecule has 2 N–H and O–H groups in total. The average molecular weight is 232 g/mol. The van der Waals surface area contributed by atoms with Crippen molar-refractivity contribution in [3.8, 4) is 0 Å². The molecule has 0 spiro atoms. The molecular formula is C12H12N2O3. The second-order valence-electron chi connectivity index (χ2n) is 4.10. The summed E-state index contributed by atoms with van der Waals surface area (Å²) in [6.07, 6.45) is 1.24. The Bertz CT molecular complexity index is 564. The van der Waals surface area contributed by atoms with Crippen molar-refractivity contribution in [3.63, 3.8) is 0 Å². The van der Waals surface area contributed by atoms with Crippen molar-refractivity contribution in [2.75, 3.05) is 13.2 Å². The Morgan fingerprint density at radius 2 is 2.35 bits per heavy atom. The predicted octanol–water partition coefficient (Wildman–Crippen LogP) is 0.916. The van der Waals surface area contributed by atoms with Gasteiger partial charge in [-0.2, -0.15) is 0 Å². The summed E-state index contributed by atoms with van der Waals surface area (Å²) in [6, 6.07) is 7.36. The topological polar surface area (TPSA) is 65.6 Å². The first-order valence-electron chi connectivity index (χ1n) is 5.44. The minimum atomic E-state index is -0.590. The molecule has 2 aromatic rings. The van der Waals surface area contributed by atoms with E-state index >= 15 is 0 Å². The third kappa shape index (κ3) is 1.79. The lowest BCUT2D eigenvalue weighted by atomic mass is 10.1. The number of fused-ring (bicyclic) bond motifs is 1. The molecule has 0 saturated carbocycles. The molecule has 1 unspecified atom stereocenters. The quantitative estimate of drug-likeness (QED) is 0.768. The predicted molar refractivity (Wildman–Crippen MR) is 61.3 cm³/mol. The van der Waals surface area contributed by atoms with E-state index in [4.69, 9.17) is 4.84 Å². The van der Waals surface area contributed by atoms with Crippen LogP contribution in [0.5, 0.6) is 0 Å². The van der Waals surface area contributed by atoms with Crippen molar-refractivity contribution < 1.29 is 14.7 Å². The number of aliphatic hydroxyl groups excluding tert-OH is 1. The van der Waals surface area contributed by atoms with Crippen LogP contribution in [0, 0.1) is 0 Å². The third-order valence-electron chi connectivity index (χ3n) is 2.83. The van der Waals surface area contributed by atoms with Gasteiger partial charge >= 0.3 is 0 Å². The maximum atomic E-state index is 12.0. The normalized spacial score (nSPS) is 20.1. The van der Waals surface area contributed by atoms with Crippen molar-refractivity contribution in [1.82, 2.24) is 10.0 Å². The minimum absolute atomic E-state index is 0.177. The molecule has 1 aliphatic heterocycles. The summed E-state index contributed by atoms with van der Waals surface area (Å²) in [5.74, 6) is -0.224. The smallest absolute Gasteiger partial charge is 0.277 e. The number of hydrogen-bond acceptors (Lipinski definition) is 3. The van der Waals surface area contributed by atoms with Crippen molar-refractivity contribution in [2.24, 2.45) is 0 Å². The van der Waals surface area contributed by atoms with Gasteiger partial charge in [-0.1, -0.05) is 6.07 Å². The van der Waals surface area contributed by atoms with E-state index in [0.29, 0.717) is 5.56 Å². The molecule has 1 aliphatic rings. The van der Waals surface area contributed by atoms with Crippen molar-refractivity contribution >= 4 is 16.8 Å². The van der Waals surface area contributed by atoms with E-state index < -0.39 is 6.10 Å². The summed E-state index contributed by atoms with van der Waals surface area (Å²) in [5.41, 5.74) is 1.46. The van der Waals surface area contributed by atoms with Crippen LogP contribution in [0.3, 0.4) is 0 Å². The van der Waals surface area contributed by atoms with Gasteiger partial charge in [0.05, 0.1) is 6.54 Å². The Balaban J connectivity index is 1.89. The van der Waals surface area contributed by atoms with Crippen molar-refractivity contribution in [2.45, 2.75) is 6.10 Å². The second kappa shape index (κ2) is 3.87. The standard InChI is InChI=1S/C12H12N2O3/c15-10-6-14(17-7-10)12(16)9-2-1-8-3-4-13-11(8)5-9/h1-5,10,13,15H,6-7H2. The number of carbonyl (C=O) groups excluding carboxylic acids is 1. The molecule has 3 rings (SSSR count). The number of H-pyrrole nitrogens is 1. The molecule has 0 aliphatic carbocycles. The molecule has 5 heteroatoms. The molecule has 88 valence electrons. The Labute approximate surface area is 97.6 Å². The Morgan fingerprint density at radius 1 is 1.47 bits per heavy atom. The van der Waals surface area contributed by atoms with Gasteiger partial charge in [0.25, 0.3) is 5.91 Å². The highest BCUT2D eigenvalue weighted by Gasteiger charge is 2.27. The summed E-state index contributed by atoms with van der Waals surface area (Å²) in [5, 5.41) is 11.6. The van der Waals surface area contributed by atoms with Crippen LogP contribution in [-0.4, -0.2) is 40.3 Å². The number of nitrogens with one attached hydrogen (secondary N) is 1. The number of β-amino-alcohol motifs (C(OH)–C–C–N with tert-alkyl or cyclic N) is 1. The SMILES string of the molecule is O=C(c1ccc2cc[nH]c2c1)N1CC(O)CO1. The maximum Gasteiger partial charge on any atom is 0.277 e. The van der Waals surface area contributed by atoms with Crippen LogP contribution in [-0.2, 0) is 4.84 Å². The molecule has 1 aromatic carbocycles. The molecule has 0 bridgehead atoms. The van der Waals surface area contributed by atoms with Crippen LogP contribution in [0.4, 0.5) is 0 Å². The van der Waals surface area contributed by atoms with Crippen molar-refractivity contribution in [3.05, 3.63) is 36.0 Å². The number of carbonyl (C=O) groups is 1. The van der Waals surface area contributed by atoms with Crippen LogP contribution in [0.15, 0.2) is 30.5 Å². The molecule has 5 nitrogen and oxygen atoms in total. The molecular weight excluding hydrogens is 220 g/mol. The van der Waals surface area contributed by atoms with Gasteiger partial charge in [0.15, 0.2) is 0 Å². The fourth-order valence-electron chi connectivity index (χ4n) is 1.94. The zero-order valence-corrected chi connectivity index (χ0v) is 9.09. The number of hydroxylamine groups is 2. The summed E-state index contributed by atoms with van der Waals surface area (Å²) in [4.78, 5) is 20.2. The highest BCUT2D eigenvalue weighted by atomic mass is 16.7. The number of benzene rings is 1. The number of aromatic nitrogens is 1. The average Bonchev–Trinajstić information content (AvgIpc) is 2.95. The zero-order chi connectivity index (χ0) is 11.8. The number of nitrogens with zero attached hydrogens (tertiary/aromatic N) is 1. The second-order valence-corrected chi connectivity index (χ2v) is 4.10. The van der Waals surface area contributed by atoms with Gasteiger partial charge in [-0.25, -0.2) is 5.06 Å². The van der Waals surface area contributed by atoms with E-state index in [0.717, 1.165) is 10.9 Å². The zero-order valence-electron chi connectivity index (χ0n) is 9.09. The van der Waals surface area contributed by atoms with Gasteiger partial charge < -0.3 is 10.1 Å². The summed E-state index contributed by atoms with van der Waals surface area (Å²) >= 11 is 0. The van der Waals surface area contributed by atoms with Gasteiger partial charge in [0.2, 0.25) is 0 Å². The van der Waals surface area contributed by atoms with Gasteiger partial charge in [-0.3, -0.25) is 9.63 Å². The molecule has 1 amide bonds. The largest absolute Gasteiger partial charge is 0.389 e. The van der Waals surface area contributed by atoms with Gasteiger partial charge in [-0.15, -0.1) is 0 Å². The molecule has 0 radical (unpaired) electrons. The van der Waals surface area contributed by atoms with Crippen LogP contribution < -0.4 is 0 Å². The molecule has 1 fully saturated rings. The molecule has 1 saturated heterocycles. The maximum absolute atomic E-state index is 12.0. The fourth-order valence-corrected chi connectivity index (χ4v) is 1.94. The van der Waals surface area contributed by atoms with Crippen LogP contribution in [0.2, 0.25) is 0 Å². The summed E-state index contributed by atoms with van der Waals surface area (Å²) in [6.45, 7) is 0.401.